The van der Waals surface area contributed by atoms with E-state index in [0.29, 0.717) is 59.5 Å². The number of benzene rings is 2. The van der Waals surface area contributed by atoms with E-state index in [-0.39, 0.29) is 12.7 Å². The quantitative estimate of drug-likeness (QED) is 0.403. The maximum absolute atomic E-state index is 13.4. The number of amides is 1. The predicted molar refractivity (Wildman–Crippen MR) is 133 cm³/mol. The van der Waals surface area contributed by atoms with Gasteiger partial charge in [0, 0.05) is 37.3 Å². The molecule has 0 radical (unpaired) electrons. The van der Waals surface area contributed by atoms with Gasteiger partial charge in [0.25, 0.3) is 5.91 Å². The summed E-state index contributed by atoms with van der Waals surface area (Å²) in [5, 5.41) is 13.5. The van der Waals surface area contributed by atoms with Gasteiger partial charge in [0.2, 0.25) is 6.79 Å². The molecule has 1 fully saturated rings. The van der Waals surface area contributed by atoms with Gasteiger partial charge in [-0.1, -0.05) is 35.0 Å². The van der Waals surface area contributed by atoms with Crippen LogP contribution < -0.4 is 14.4 Å². The summed E-state index contributed by atoms with van der Waals surface area (Å²) in [6, 6.07) is 16.9. The van der Waals surface area contributed by atoms with Crippen molar-refractivity contribution in [1.82, 2.24) is 20.3 Å². The number of halogens is 1. The highest BCUT2D eigenvalue weighted by Gasteiger charge is 2.29. The van der Waals surface area contributed by atoms with Crippen molar-refractivity contribution in [3.8, 4) is 34.0 Å². The molecule has 2 aliphatic rings. The molecule has 0 N–H and O–H groups in total. The molecule has 2 aromatic carbocycles. The SMILES string of the molecule is Cc1onc(-c2ccccc2Cl)c1C(=O)N1CCN(c2ccc(-c3ccc4c(c3)OCO4)nn2)CC1. The molecule has 9 nitrogen and oxygen atoms in total. The van der Waals surface area contributed by atoms with Crippen molar-refractivity contribution in [2.75, 3.05) is 37.9 Å². The Morgan fingerprint density at radius 3 is 2.53 bits per heavy atom. The fourth-order valence-electron chi connectivity index (χ4n) is 4.46. The summed E-state index contributed by atoms with van der Waals surface area (Å²) < 4.78 is 16.2. The smallest absolute Gasteiger partial charge is 0.259 e. The Morgan fingerprint density at radius 2 is 1.75 bits per heavy atom. The molecule has 0 atom stereocenters. The number of aryl methyl sites for hydroxylation is 1. The van der Waals surface area contributed by atoms with Crippen LogP contribution in [-0.4, -0.2) is 59.1 Å². The van der Waals surface area contributed by atoms with E-state index >= 15 is 0 Å². The highest BCUT2D eigenvalue weighted by molar-refractivity contribution is 6.33. The van der Waals surface area contributed by atoms with E-state index in [2.05, 4.69) is 20.3 Å². The van der Waals surface area contributed by atoms with Gasteiger partial charge >= 0.3 is 0 Å². The molecule has 2 aromatic heterocycles. The highest BCUT2D eigenvalue weighted by atomic mass is 35.5. The Labute approximate surface area is 212 Å². The first-order valence-corrected chi connectivity index (χ1v) is 12.0. The van der Waals surface area contributed by atoms with Crippen LogP contribution in [0.15, 0.2) is 59.1 Å². The van der Waals surface area contributed by atoms with E-state index < -0.39 is 0 Å². The van der Waals surface area contributed by atoms with Gasteiger partial charge in [-0.2, -0.15) is 0 Å². The molecule has 6 rings (SSSR count). The molecular formula is C26H22ClN5O4. The Morgan fingerprint density at radius 1 is 0.944 bits per heavy atom. The largest absolute Gasteiger partial charge is 0.454 e. The Kier molecular flexibility index (Phi) is 5.69. The zero-order chi connectivity index (χ0) is 24.6. The van der Waals surface area contributed by atoms with Crippen LogP contribution in [0.2, 0.25) is 5.02 Å². The van der Waals surface area contributed by atoms with Gasteiger partial charge in [-0.15, -0.1) is 10.2 Å². The third kappa shape index (κ3) is 4.01. The number of piperazine rings is 1. The summed E-state index contributed by atoms with van der Waals surface area (Å²) in [4.78, 5) is 17.4. The number of nitrogens with zero attached hydrogens (tertiary/aromatic N) is 5. The lowest BCUT2D eigenvalue weighted by Gasteiger charge is -2.35. The molecule has 2 aliphatic heterocycles. The zero-order valence-corrected chi connectivity index (χ0v) is 20.2. The van der Waals surface area contributed by atoms with E-state index in [1.807, 2.05) is 53.4 Å². The van der Waals surface area contributed by atoms with Crippen LogP contribution in [0, 0.1) is 6.92 Å². The molecule has 0 bridgehead atoms. The maximum Gasteiger partial charge on any atom is 0.259 e. The fourth-order valence-corrected chi connectivity index (χ4v) is 4.69. The van der Waals surface area contributed by atoms with Crippen LogP contribution >= 0.6 is 11.6 Å². The van der Waals surface area contributed by atoms with Crippen molar-refractivity contribution >= 4 is 23.3 Å². The third-order valence-electron chi connectivity index (χ3n) is 6.42. The van der Waals surface area contributed by atoms with E-state index in [0.717, 1.165) is 22.8 Å². The van der Waals surface area contributed by atoms with E-state index in [9.17, 15) is 4.79 Å². The minimum atomic E-state index is -0.118. The second kappa shape index (κ2) is 9.16. The Bertz CT molecular complexity index is 1430. The topological polar surface area (TPSA) is 93.8 Å². The third-order valence-corrected chi connectivity index (χ3v) is 6.74. The first-order chi connectivity index (χ1) is 17.6. The number of hydrogen-bond donors (Lipinski definition) is 0. The van der Waals surface area contributed by atoms with Crippen molar-refractivity contribution in [2.24, 2.45) is 0 Å². The first-order valence-electron chi connectivity index (χ1n) is 11.6. The Hall–Kier alpha value is -4.11. The van der Waals surface area contributed by atoms with Gasteiger partial charge in [-0.3, -0.25) is 4.79 Å². The average molecular weight is 504 g/mol. The van der Waals surface area contributed by atoms with Crippen molar-refractivity contribution in [3.05, 3.63) is 70.9 Å². The van der Waals surface area contributed by atoms with Crippen LogP contribution in [0.4, 0.5) is 5.82 Å². The van der Waals surface area contributed by atoms with Crippen LogP contribution in [0.5, 0.6) is 11.5 Å². The van der Waals surface area contributed by atoms with Crippen LogP contribution in [0.25, 0.3) is 22.5 Å². The summed E-state index contributed by atoms with van der Waals surface area (Å²) in [5.74, 6) is 2.57. The minimum Gasteiger partial charge on any atom is -0.454 e. The molecule has 0 saturated carbocycles. The highest BCUT2D eigenvalue weighted by Crippen LogP contribution is 2.35. The lowest BCUT2D eigenvalue weighted by molar-refractivity contribution is 0.0745. The molecule has 0 unspecified atom stereocenters. The summed E-state index contributed by atoms with van der Waals surface area (Å²) >= 11 is 6.35. The number of carbonyl (C=O) groups is 1. The number of hydrogen-bond acceptors (Lipinski definition) is 8. The standard InChI is InChI=1S/C26H22ClN5O4/c1-16-24(25(30-36-16)18-4-2-3-5-19(18)27)26(33)32-12-10-31(11-13-32)23-9-7-20(28-29-23)17-6-8-21-22(14-17)35-15-34-21/h2-9,14H,10-13,15H2,1H3. The molecular weight excluding hydrogens is 482 g/mol. The Balaban J connectivity index is 1.14. The lowest BCUT2D eigenvalue weighted by atomic mass is 10.0. The van der Waals surface area contributed by atoms with Crippen molar-refractivity contribution in [3.63, 3.8) is 0 Å². The molecule has 36 heavy (non-hydrogen) atoms. The van der Waals surface area contributed by atoms with Crippen molar-refractivity contribution < 1.29 is 18.8 Å². The van der Waals surface area contributed by atoms with Crippen LogP contribution in [-0.2, 0) is 0 Å². The number of anilines is 1. The van der Waals surface area contributed by atoms with Gasteiger partial charge < -0.3 is 23.8 Å². The summed E-state index contributed by atoms with van der Waals surface area (Å²) in [6.45, 7) is 4.32. The number of rotatable bonds is 4. The first kappa shape index (κ1) is 22.4. The van der Waals surface area contributed by atoms with Crippen LogP contribution in [0.3, 0.4) is 0 Å². The predicted octanol–water partition coefficient (Wildman–Crippen LogP) is 4.45. The van der Waals surface area contributed by atoms with Gasteiger partial charge in [0.15, 0.2) is 17.3 Å². The molecule has 182 valence electrons. The second-order valence-corrected chi connectivity index (χ2v) is 8.97. The second-order valence-electron chi connectivity index (χ2n) is 8.57. The number of aromatic nitrogens is 3. The minimum absolute atomic E-state index is 0.118. The number of fused-ring (bicyclic) bond motifs is 1. The lowest BCUT2D eigenvalue weighted by Crippen LogP contribution is -2.49. The number of carbonyl (C=O) groups excluding carboxylic acids is 1. The number of ether oxygens (including phenoxy) is 2. The summed E-state index contributed by atoms with van der Waals surface area (Å²) in [6.07, 6.45) is 0. The van der Waals surface area contributed by atoms with Crippen molar-refractivity contribution in [2.45, 2.75) is 6.92 Å². The molecule has 0 aliphatic carbocycles. The molecule has 4 aromatic rings. The van der Waals surface area contributed by atoms with E-state index in [1.165, 1.54) is 0 Å². The molecule has 10 heteroatoms. The summed E-state index contributed by atoms with van der Waals surface area (Å²) in [7, 11) is 0. The average Bonchev–Trinajstić information content (AvgIpc) is 3.55. The maximum atomic E-state index is 13.4. The molecule has 1 amide bonds. The van der Waals surface area contributed by atoms with Gasteiger partial charge in [0.1, 0.15) is 17.0 Å². The zero-order valence-electron chi connectivity index (χ0n) is 19.5. The van der Waals surface area contributed by atoms with Gasteiger partial charge in [-0.05, 0) is 43.3 Å². The van der Waals surface area contributed by atoms with Crippen molar-refractivity contribution in [1.29, 1.82) is 0 Å². The van der Waals surface area contributed by atoms with Gasteiger partial charge in [0.05, 0.1) is 10.7 Å². The van der Waals surface area contributed by atoms with Crippen LogP contribution in [0.1, 0.15) is 16.1 Å². The molecule has 0 spiro atoms. The normalized spacial score (nSPS) is 14.8. The van der Waals surface area contributed by atoms with Gasteiger partial charge in [-0.25, -0.2) is 0 Å². The molecule has 1 saturated heterocycles. The van der Waals surface area contributed by atoms with E-state index in [4.69, 9.17) is 25.6 Å². The summed E-state index contributed by atoms with van der Waals surface area (Å²) in [5.41, 5.74) is 3.25. The van der Waals surface area contributed by atoms with E-state index in [1.54, 1.807) is 13.0 Å². The monoisotopic (exact) mass is 503 g/mol. The molecule has 4 heterocycles. The fraction of sp³-hybridized carbons (Fsp3) is 0.231.